The minimum absolute atomic E-state index is 0.823. The fourth-order valence-corrected chi connectivity index (χ4v) is 13.9. The summed E-state index contributed by atoms with van der Waals surface area (Å²) in [6.45, 7) is -4.26. The van der Waals surface area contributed by atoms with E-state index in [1.165, 1.54) is 6.92 Å². The normalized spacial score (nSPS) is 50.4. The van der Waals surface area contributed by atoms with Gasteiger partial charge in [-0.3, -0.25) is 14.4 Å². The van der Waals surface area contributed by atoms with Crippen molar-refractivity contribution >= 4 is 17.7 Å². The van der Waals surface area contributed by atoms with Crippen molar-refractivity contribution in [2.75, 3.05) is 52.9 Å². The Morgan fingerprint density at radius 3 is 1.02 bits per heavy atom. The van der Waals surface area contributed by atoms with E-state index in [-0.39, 0.29) is 0 Å². The smallest absolute Gasteiger partial charge is 0.217 e. The summed E-state index contributed by atoms with van der Waals surface area (Å²) in [5, 5.41) is 283. The highest BCUT2D eigenvalue weighted by Gasteiger charge is 2.60. The summed E-state index contributed by atoms with van der Waals surface area (Å²) in [6.07, 6.45) is -85.2. The number of carbonyl (C=O) groups is 3. The molecule has 48 nitrogen and oxygen atoms in total. The maximum Gasteiger partial charge on any atom is 0.217 e. The van der Waals surface area contributed by atoms with Crippen molar-refractivity contribution in [2.24, 2.45) is 0 Å². The Hall–Kier alpha value is -3.27. The zero-order chi connectivity index (χ0) is 79.5. The van der Waals surface area contributed by atoms with Crippen LogP contribution >= 0.6 is 0 Å². The molecule has 0 aromatic carbocycles. The molecule has 9 aliphatic heterocycles. The first kappa shape index (κ1) is 88.7. The average molecular weight is 1580 g/mol. The lowest BCUT2D eigenvalue weighted by molar-refractivity contribution is -0.398. The highest BCUT2D eigenvalue weighted by Crippen LogP contribution is 2.39. The van der Waals surface area contributed by atoms with Gasteiger partial charge < -0.3 is 224 Å². The van der Waals surface area contributed by atoms with Crippen LogP contribution in [0.5, 0.6) is 0 Å². The number of rotatable bonds is 27. The van der Waals surface area contributed by atoms with Crippen molar-refractivity contribution < 1.29 is 223 Å². The van der Waals surface area contributed by atoms with Gasteiger partial charge in [0.15, 0.2) is 56.6 Å². The van der Waals surface area contributed by atoms with E-state index in [4.69, 9.17) is 80.5 Å². The zero-order valence-corrected chi connectivity index (χ0v) is 58.0. The fraction of sp³-hybridized carbons (Fsp3) is 0.950. The molecule has 0 radical (unpaired) electrons. The van der Waals surface area contributed by atoms with Crippen LogP contribution in [0, 0.1) is 0 Å². The van der Waals surface area contributed by atoms with E-state index in [2.05, 4.69) is 16.0 Å². The molecule has 9 saturated heterocycles. The SMILES string of the molecule is CC(=O)N[C@@H]1[C@@H](O)[C@H](O[C@H]2O[C@H](CO)[C@@H](O[C@@H]3O[C@H](CO[C@H]4O[C@H](CO)[C@@H](O)[C@H](O[C@H]5O[C@H](CO)[C@@H](O)[C@H](O)[C@@H]5O)[C@@H]4O)[C@@H](O)[C@H](O[C@H]4O[C@H](CO)[C@@H](O)[C@H](O)[C@@H]4O[C@@H]4O[C@H](CO)[C@@H](O[C@@H]5O[C@H](CO)[C@H](O)[C@H](O)[C@H]5O)[C@H](O)[C@H]4NC(C)=O)[C@@H]3O)[C@H](O)[C@H]2NC(C)=O)[C@@H](CO[C@@H]2O[C@H](C)[C@H](O)[C@H](O)[C@H]2O)O[C@H]1O. The average Bonchev–Trinajstić information content (AvgIpc) is 0.768. The molecule has 45 atom stereocenters. The number of ether oxygens (including phenoxy) is 17. The molecular formula is C60H101N3O45. The summed E-state index contributed by atoms with van der Waals surface area (Å²) in [5.41, 5.74) is 0. The van der Waals surface area contributed by atoms with Gasteiger partial charge in [-0.05, 0) is 6.92 Å². The summed E-state index contributed by atoms with van der Waals surface area (Å²) < 4.78 is 99.6. The molecule has 9 rings (SSSR count). The molecular weight excluding hydrogens is 1480 g/mol. The van der Waals surface area contributed by atoms with Crippen LogP contribution in [0.2, 0.25) is 0 Å². The van der Waals surface area contributed by atoms with Gasteiger partial charge in [0.1, 0.15) is 213 Å². The second-order valence-electron chi connectivity index (χ2n) is 27.5. The lowest BCUT2D eigenvalue weighted by atomic mass is 9.93. The Kier molecular flexibility index (Phi) is 31.6. The lowest BCUT2D eigenvalue weighted by Gasteiger charge is -2.51. The van der Waals surface area contributed by atoms with Crippen molar-refractivity contribution in [2.45, 2.75) is 304 Å². The van der Waals surface area contributed by atoms with Gasteiger partial charge in [0, 0.05) is 20.8 Å². The van der Waals surface area contributed by atoms with Gasteiger partial charge in [-0.1, -0.05) is 0 Å². The van der Waals surface area contributed by atoms with Gasteiger partial charge in [0.05, 0.1) is 59.0 Å². The molecule has 3 amide bonds. The van der Waals surface area contributed by atoms with Gasteiger partial charge in [-0.25, -0.2) is 0 Å². The van der Waals surface area contributed by atoms with Crippen LogP contribution in [0.4, 0.5) is 0 Å². The standard InChI is InChI=1S/C60H101N3O45/c1-13-28(73)37(82)41(86)55(94-13)93-12-24-48(34(79)25(52(91)95-24)61-14(2)70)103-53-26(62-15(3)71)35(80)47(22(10-69)100-53)105-59-45(90)50(33(78)23(102-59)11-92-56-44(89)49(32(77)20(8-67)96-56)106-58-43(88)39(84)30(75)18(6-65)98-58)107-60-51(40(85)31(76)19(7-66)99-60)108-54-27(63-16(4)72)36(81)46(21(9-68)101-54)104-57-42(87)38(83)29(74)17(5-64)97-57/h13,17-60,64-69,73-91H,5-12H2,1-4H3,(H,61,70)(H,62,71)(H,63,72)/t13-,17-,18-,19-,20-,21-,22-,23-,24-,25-,26-,27-,28+,29+,30-,31-,32-,33-,34-,35-,36-,37+,38+,39+,40+,41-,42-,43+,44+,45+,46-,47-,48-,49+,50+,51+,52-,53-,54+,55-,56+,57+,58-,59+,60-/m1/s1. The molecule has 0 unspecified atom stereocenters. The summed E-state index contributed by atoms with van der Waals surface area (Å²) in [6, 6.07) is -5.63. The predicted octanol–water partition coefficient (Wildman–Crippen LogP) is -19.2. The van der Waals surface area contributed by atoms with Crippen molar-refractivity contribution in [3.8, 4) is 0 Å². The molecule has 48 heteroatoms. The zero-order valence-electron chi connectivity index (χ0n) is 58.0. The van der Waals surface area contributed by atoms with E-state index in [1.807, 2.05) is 0 Å². The van der Waals surface area contributed by atoms with Crippen molar-refractivity contribution in [1.82, 2.24) is 16.0 Å². The van der Waals surface area contributed by atoms with E-state index in [0.717, 1.165) is 20.8 Å². The third-order valence-electron chi connectivity index (χ3n) is 19.9. The van der Waals surface area contributed by atoms with E-state index in [9.17, 15) is 142 Å². The van der Waals surface area contributed by atoms with Crippen LogP contribution < -0.4 is 16.0 Å². The third-order valence-corrected chi connectivity index (χ3v) is 19.9. The maximum absolute atomic E-state index is 13.1. The molecule has 108 heavy (non-hydrogen) atoms. The van der Waals surface area contributed by atoms with Gasteiger partial charge in [-0.15, -0.1) is 0 Å². The van der Waals surface area contributed by atoms with E-state index in [0.29, 0.717) is 0 Å². The quantitative estimate of drug-likeness (QED) is 0.0363. The third kappa shape index (κ3) is 19.3. The second-order valence-corrected chi connectivity index (χ2v) is 27.5. The molecule has 28 N–H and O–H groups in total. The molecule has 9 aliphatic rings. The highest BCUT2D eigenvalue weighted by molar-refractivity contribution is 5.74. The first-order valence-electron chi connectivity index (χ1n) is 34.5. The summed E-state index contributed by atoms with van der Waals surface area (Å²) >= 11 is 0. The topological polar surface area (TPSA) is 750 Å². The van der Waals surface area contributed by atoms with Crippen LogP contribution in [0.3, 0.4) is 0 Å². The van der Waals surface area contributed by atoms with Crippen molar-refractivity contribution in [3.63, 3.8) is 0 Å². The molecule has 626 valence electrons. The minimum atomic E-state index is -2.55. The number of nitrogens with one attached hydrogen (secondary N) is 3. The highest BCUT2D eigenvalue weighted by atomic mass is 16.8. The van der Waals surface area contributed by atoms with Gasteiger partial charge in [-0.2, -0.15) is 0 Å². The molecule has 0 bridgehead atoms. The number of hydrogen-bond donors (Lipinski definition) is 28. The first-order chi connectivity index (χ1) is 51.0. The molecule has 0 aliphatic carbocycles. The summed E-state index contributed by atoms with van der Waals surface area (Å²) in [7, 11) is 0. The molecule has 9 fully saturated rings. The Morgan fingerprint density at radius 1 is 0.259 bits per heavy atom. The Labute approximate surface area is 611 Å². The second kappa shape index (κ2) is 38.5. The summed E-state index contributed by atoms with van der Waals surface area (Å²) in [5.74, 6) is -2.73. The predicted molar refractivity (Wildman–Crippen MR) is 330 cm³/mol. The Balaban J connectivity index is 1.03. The molecule has 0 saturated carbocycles. The molecule has 9 heterocycles. The lowest BCUT2D eigenvalue weighted by Crippen LogP contribution is -2.71. The first-order valence-corrected chi connectivity index (χ1v) is 34.5. The van der Waals surface area contributed by atoms with Crippen molar-refractivity contribution in [3.05, 3.63) is 0 Å². The number of hydrogen-bond acceptors (Lipinski definition) is 45. The number of carbonyl (C=O) groups excluding carboxylic acids is 3. The Bertz CT molecular complexity index is 2820. The maximum atomic E-state index is 13.1. The van der Waals surface area contributed by atoms with Crippen LogP contribution in [0.25, 0.3) is 0 Å². The number of aliphatic hydroxyl groups is 25. The largest absolute Gasteiger partial charge is 0.394 e. The van der Waals surface area contributed by atoms with Crippen LogP contribution in [-0.4, -0.2) is 474 Å². The van der Waals surface area contributed by atoms with E-state index in [1.54, 1.807) is 0 Å². The van der Waals surface area contributed by atoms with Gasteiger partial charge >= 0.3 is 0 Å². The summed E-state index contributed by atoms with van der Waals surface area (Å²) in [4.78, 5) is 38.4. The monoisotopic (exact) mass is 1580 g/mol. The van der Waals surface area contributed by atoms with Crippen LogP contribution in [0.1, 0.15) is 27.7 Å². The van der Waals surface area contributed by atoms with Gasteiger partial charge in [0.25, 0.3) is 0 Å². The van der Waals surface area contributed by atoms with Crippen molar-refractivity contribution in [1.29, 1.82) is 0 Å². The number of aliphatic hydroxyl groups excluding tert-OH is 25. The molecule has 0 spiro atoms. The Morgan fingerprint density at radius 2 is 0.556 bits per heavy atom. The van der Waals surface area contributed by atoms with Crippen LogP contribution in [-0.2, 0) is 94.9 Å². The van der Waals surface area contributed by atoms with E-state index >= 15 is 0 Å². The molecule has 0 aromatic heterocycles. The van der Waals surface area contributed by atoms with E-state index < -0.39 is 347 Å². The number of amides is 3. The fourth-order valence-electron chi connectivity index (χ4n) is 13.9. The van der Waals surface area contributed by atoms with Crippen LogP contribution in [0.15, 0.2) is 0 Å². The minimum Gasteiger partial charge on any atom is -0.394 e. The van der Waals surface area contributed by atoms with Gasteiger partial charge in [0.2, 0.25) is 17.7 Å². The molecule has 0 aromatic rings.